The maximum atomic E-state index is 13.2. The lowest BCUT2D eigenvalue weighted by Gasteiger charge is -2.34. The van der Waals surface area contributed by atoms with Crippen LogP contribution in [0, 0.1) is 11.3 Å². The molecule has 2 aliphatic heterocycles. The summed E-state index contributed by atoms with van der Waals surface area (Å²) in [6.07, 6.45) is -1.32. The molecule has 34 heavy (non-hydrogen) atoms. The van der Waals surface area contributed by atoms with Crippen molar-refractivity contribution in [2.45, 2.75) is 32.4 Å². The molecule has 0 bridgehead atoms. The van der Waals surface area contributed by atoms with Crippen LogP contribution in [-0.4, -0.2) is 91.8 Å². The van der Waals surface area contributed by atoms with Crippen LogP contribution in [0.15, 0.2) is 24.4 Å². The highest BCUT2D eigenvalue weighted by molar-refractivity contribution is 7.89. The molecule has 1 aromatic rings. The Kier molecular flexibility index (Phi) is 8.92. The van der Waals surface area contributed by atoms with Crippen molar-refractivity contribution in [3.63, 3.8) is 0 Å². The van der Waals surface area contributed by atoms with Gasteiger partial charge in [0.15, 0.2) is 0 Å². The number of nitrogens with zero attached hydrogens (tertiary/aromatic N) is 4. The van der Waals surface area contributed by atoms with Gasteiger partial charge in [-0.15, -0.1) is 0 Å². The molecule has 0 spiro atoms. The highest BCUT2D eigenvalue weighted by atomic mass is 32.2. The first-order valence-electron chi connectivity index (χ1n) is 10.9. The molecular formula is C21H31F3N4O5S. The Morgan fingerprint density at radius 3 is 2.41 bits per heavy atom. The van der Waals surface area contributed by atoms with Gasteiger partial charge in [0.05, 0.1) is 11.2 Å². The summed E-state index contributed by atoms with van der Waals surface area (Å²) in [6, 6.07) is 5.76. The topological polar surface area (TPSA) is 111 Å². The molecule has 3 rings (SSSR count). The fraction of sp³-hybridized carbons (Fsp3) is 0.667. The molecule has 0 saturated carbocycles. The van der Waals surface area contributed by atoms with Crippen molar-refractivity contribution in [2.75, 3.05) is 50.9 Å². The third-order valence-electron chi connectivity index (χ3n) is 6.05. The Bertz CT molecular complexity index is 959. The smallest absolute Gasteiger partial charge is 0.475 e. The Labute approximate surface area is 197 Å². The molecule has 192 valence electrons. The molecule has 0 radical (unpaired) electrons. The predicted octanol–water partition coefficient (Wildman–Crippen LogP) is 2.06. The van der Waals surface area contributed by atoms with Crippen LogP contribution >= 0.6 is 0 Å². The molecule has 0 unspecified atom stereocenters. The van der Waals surface area contributed by atoms with E-state index in [1.54, 1.807) is 29.5 Å². The molecule has 0 aromatic carbocycles. The van der Waals surface area contributed by atoms with Crippen molar-refractivity contribution in [3.8, 4) is 0 Å². The molecule has 1 aromatic heterocycles. The van der Waals surface area contributed by atoms with Gasteiger partial charge in [-0.1, -0.05) is 13.0 Å². The van der Waals surface area contributed by atoms with E-state index in [0.717, 1.165) is 5.82 Å². The molecule has 2 aliphatic rings. The van der Waals surface area contributed by atoms with Gasteiger partial charge >= 0.3 is 12.1 Å². The van der Waals surface area contributed by atoms with E-state index in [1.807, 2.05) is 25.1 Å². The number of hydrogen-bond donors (Lipinski definition) is 1. The summed E-state index contributed by atoms with van der Waals surface area (Å²) in [5, 5.41) is 7.12. The molecule has 1 N–H and O–H groups in total. The lowest BCUT2D eigenvalue weighted by Crippen LogP contribution is -2.47. The van der Waals surface area contributed by atoms with Crippen LogP contribution in [0.4, 0.5) is 19.0 Å². The molecule has 9 nitrogen and oxygen atoms in total. The number of amides is 1. The van der Waals surface area contributed by atoms with Crippen LogP contribution in [-0.2, 0) is 19.6 Å². The molecule has 0 aliphatic carbocycles. The predicted molar refractivity (Wildman–Crippen MR) is 120 cm³/mol. The van der Waals surface area contributed by atoms with Crippen molar-refractivity contribution >= 4 is 27.7 Å². The zero-order valence-corrected chi connectivity index (χ0v) is 20.3. The largest absolute Gasteiger partial charge is 0.490 e. The molecule has 13 heteroatoms. The zero-order valence-electron chi connectivity index (χ0n) is 19.5. The maximum absolute atomic E-state index is 13.2. The number of pyridine rings is 1. The van der Waals surface area contributed by atoms with Gasteiger partial charge in [-0.3, -0.25) is 4.79 Å². The first kappa shape index (κ1) is 27.8. The first-order valence-corrected chi connectivity index (χ1v) is 12.5. The van der Waals surface area contributed by atoms with E-state index < -0.39 is 27.6 Å². The second-order valence-electron chi connectivity index (χ2n) is 8.70. The molecule has 2 atom stereocenters. The first-order chi connectivity index (χ1) is 15.7. The molecule has 1 amide bonds. The number of hydrogen-bond acceptors (Lipinski definition) is 6. The van der Waals surface area contributed by atoms with E-state index in [0.29, 0.717) is 45.4 Å². The number of anilines is 1. The SMILES string of the molecule is CCCS(=O)(=O)N1CCC[C@]2(C(=O)N(C)C)CN(c3ccccn3)C[C@@H]2C1.O=C(O)C(F)(F)F. The summed E-state index contributed by atoms with van der Waals surface area (Å²) in [5.74, 6) is -1.69. The molecule has 2 saturated heterocycles. The van der Waals surface area contributed by atoms with Gasteiger partial charge in [-0.05, 0) is 31.4 Å². The van der Waals surface area contributed by atoms with Gasteiger partial charge in [0.25, 0.3) is 0 Å². The van der Waals surface area contributed by atoms with Crippen molar-refractivity contribution in [3.05, 3.63) is 24.4 Å². The van der Waals surface area contributed by atoms with Gasteiger partial charge in [-0.25, -0.2) is 22.5 Å². The highest BCUT2D eigenvalue weighted by Crippen LogP contribution is 2.45. The maximum Gasteiger partial charge on any atom is 0.490 e. The number of rotatable bonds is 5. The van der Waals surface area contributed by atoms with E-state index in [9.17, 15) is 26.4 Å². The minimum atomic E-state index is -5.08. The van der Waals surface area contributed by atoms with E-state index in [1.165, 1.54) is 0 Å². The number of carboxylic acid groups (broad SMARTS) is 1. The van der Waals surface area contributed by atoms with Crippen LogP contribution in [0.1, 0.15) is 26.2 Å². The Morgan fingerprint density at radius 1 is 1.26 bits per heavy atom. The van der Waals surface area contributed by atoms with Crippen LogP contribution in [0.2, 0.25) is 0 Å². The van der Waals surface area contributed by atoms with E-state index in [-0.39, 0.29) is 17.6 Å². The highest BCUT2D eigenvalue weighted by Gasteiger charge is 2.54. The van der Waals surface area contributed by atoms with Gasteiger partial charge in [0.2, 0.25) is 15.9 Å². The zero-order chi connectivity index (χ0) is 25.7. The molecule has 3 heterocycles. The third kappa shape index (κ3) is 6.38. The summed E-state index contributed by atoms with van der Waals surface area (Å²) in [4.78, 5) is 30.4. The summed E-state index contributed by atoms with van der Waals surface area (Å²) >= 11 is 0. The minimum Gasteiger partial charge on any atom is -0.475 e. The van der Waals surface area contributed by atoms with Crippen molar-refractivity contribution in [2.24, 2.45) is 11.3 Å². The Morgan fingerprint density at radius 2 is 1.91 bits per heavy atom. The van der Waals surface area contributed by atoms with Gasteiger partial charge in [0, 0.05) is 52.4 Å². The van der Waals surface area contributed by atoms with Crippen molar-refractivity contribution < 1.29 is 36.3 Å². The second-order valence-corrected chi connectivity index (χ2v) is 10.8. The van der Waals surface area contributed by atoms with Gasteiger partial charge in [-0.2, -0.15) is 13.2 Å². The van der Waals surface area contributed by atoms with E-state index in [2.05, 4.69) is 9.88 Å². The molecule has 2 fully saturated rings. The number of fused-ring (bicyclic) bond motifs is 1. The number of sulfonamides is 1. The minimum absolute atomic E-state index is 0.0384. The Balaban J connectivity index is 0.000000509. The number of alkyl halides is 3. The standard InChI is InChI=1S/C19H30N4O3S.C2HF3O2/c1-4-12-27(25,26)23-11-7-9-19(18(24)21(2)3)15-22(13-16(19)14-23)17-8-5-6-10-20-17;3-2(4,5)1(6)7/h5-6,8,10,16H,4,7,9,11-15H2,1-3H3;(H,6,7)/t16-,19+;/m1./s1. The summed E-state index contributed by atoms with van der Waals surface area (Å²) < 4.78 is 58.7. The number of aliphatic carboxylic acids is 1. The van der Waals surface area contributed by atoms with Crippen LogP contribution in [0.3, 0.4) is 0 Å². The van der Waals surface area contributed by atoms with Crippen molar-refractivity contribution in [1.29, 1.82) is 0 Å². The van der Waals surface area contributed by atoms with Gasteiger partial charge < -0.3 is 14.9 Å². The number of carbonyl (C=O) groups is 2. The summed E-state index contributed by atoms with van der Waals surface area (Å²) in [6.45, 7) is 4.03. The average molecular weight is 509 g/mol. The number of carbonyl (C=O) groups excluding carboxylic acids is 1. The average Bonchev–Trinajstić information content (AvgIpc) is 3.01. The Hall–Kier alpha value is -2.41. The fourth-order valence-corrected chi connectivity index (χ4v) is 6.14. The summed E-state index contributed by atoms with van der Waals surface area (Å²) in [5.41, 5.74) is -0.558. The van der Waals surface area contributed by atoms with E-state index in [4.69, 9.17) is 9.90 Å². The van der Waals surface area contributed by atoms with Gasteiger partial charge in [0.1, 0.15) is 5.82 Å². The number of aromatic nitrogens is 1. The monoisotopic (exact) mass is 508 g/mol. The lowest BCUT2D eigenvalue weighted by atomic mass is 9.74. The quantitative estimate of drug-likeness (QED) is 0.648. The molecular weight excluding hydrogens is 477 g/mol. The van der Waals surface area contributed by atoms with Crippen LogP contribution < -0.4 is 4.90 Å². The van der Waals surface area contributed by atoms with Crippen molar-refractivity contribution in [1.82, 2.24) is 14.2 Å². The summed E-state index contributed by atoms with van der Waals surface area (Å²) in [7, 11) is 0.296. The lowest BCUT2D eigenvalue weighted by molar-refractivity contribution is -0.192. The van der Waals surface area contributed by atoms with E-state index >= 15 is 0 Å². The van der Waals surface area contributed by atoms with Crippen LogP contribution in [0.5, 0.6) is 0 Å². The fourth-order valence-electron chi connectivity index (χ4n) is 4.55. The number of halogens is 3. The second kappa shape index (κ2) is 10.9. The normalized spacial score (nSPS) is 23.4. The van der Waals surface area contributed by atoms with Crippen LogP contribution in [0.25, 0.3) is 0 Å². The third-order valence-corrected chi connectivity index (χ3v) is 8.10. The number of carboxylic acids is 1.